The van der Waals surface area contributed by atoms with Gasteiger partial charge in [-0.15, -0.1) is 0 Å². The second-order valence-electron chi connectivity index (χ2n) is 10.0. The first-order valence-electron chi connectivity index (χ1n) is 13.6. The molecule has 0 bridgehead atoms. The number of halogens is 1. The molecule has 10 heteroatoms. The van der Waals surface area contributed by atoms with Crippen molar-refractivity contribution in [3.63, 3.8) is 0 Å². The molecule has 0 fully saturated rings. The number of hydrogen-bond acceptors (Lipinski definition) is 5. The molecular formula is C30H36ClN5O4. The summed E-state index contributed by atoms with van der Waals surface area (Å²) in [6.07, 6.45) is 4.80. The third kappa shape index (κ3) is 7.41. The molecule has 1 N–H and O–H groups in total. The fourth-order valence-electron chi connectivity index (χ4n) is 4.82. The number of benzene rings is 2. The van der Waals surface area contributed by atoms with Crippen molar-refractivity contribution in [1.82, 2.24) is 24.9 Å². The molecule has 1 aromatic heterocycles. The molecule has 2 aromatic carbocycles. The average Bonchev–Trinajstić information content (AvgIpc) is 3.51. The molecular weight excluding hydrogens is 530 g/mol. The van der Waals surface area contributed by atoms with Crippen LogP contribution in [0.25, 0.3) is 0 Å². The zero-order chi connectivity index (χ0) is 28.5. The van der Waals surface area contributed by atoms with Crippen LogP contribution in [0.3, 0.4) is 0 Å². The number of aromatic amines is 1. The predicted octanol–water partition coefficient (Wildman–Crippen LogP) is 4.30. The quantitative estimate of drug-likeness (QED) is 0.510. The van der Waals surface area contributed by atoms with E-state index in [0.717, 1.165) is 18.4 Å². The van der Waals surface area contributed by atoms with Crippen LogP contribution >= 0.6 is 11.6 Å². The predicted molar refractivity (Wildman–Crippen MR) is 154 cm³/mol. The molecule has 212 valence electrons. The van der Waals surface area contributed by atoms with Gasteiger partial charge in [0.2, 0.25) is 5.91 Å². The van der Waals surface area contributed by atoms with Crippen molar-refractivity contribution in [3.05, 3.63) is 82.6 Å². The number of amides is 3. The van der Waals surface area contributed by atoms with Crippen LogP contribution in [0.5, 0.6) is 5.75 Å². The van der Waals surface area contributed by atoms with E-state index in [1.807, 2.05) is 35.2 Å². The molecule has 1 aliphatic heterocycles. The SMILES string of the molecule is CN1CCCCN(C(=O)c2ccn[nH]2)CCCCOc2ccc(Cl)cc2C(=O)N(C)[C@@H](Cc2ccccc2)C1=O. The number of hydrogen-bond donors (Lipinski definition) is 1. The van der Waals surface area contributed by atoms with Gasteiger partial charge < -0.3 is 19.4 Å². The van der Waals surface area contributed by atoms with Gasteiger partial charge in [-0.05, 0) is 55.5 Å². The van der Waals surface area contributed by atoms with Crippen LogP contribution in [0.4, 0.5) is 0 Å². The van der Waals surface area contributed by atoms with Crippen molar-refractivity contribution in [2.45, 2.75) is 38.1 Å². The van der Waals surface area contributed by atoms with Crippen LogP contribution in [-0.2, 0) is 11.2 Å². The van der Waals surface area contributed by atoms with Crippen LogP contribution in [0.2, 0.25) is 5.02 Å². The Morgan fingerprint density at radius 1 is 1.00 bits per heavy atom. The van der Waals surface area contributed by atoms with Crippen molar-refractivity contribution in [2.75, 3.05) is 40.3 Å². The van der Waals surface area contributed by atoms with Gasteiger partial charge in [0, 0.05) is 51.4 Å². The molecule has 9 nitrogen and oxygen atoms in total. The fourth-order valence-corrected chi connectivity index (χ4v) is 4.99. The number of nitrogens with zero attached hydrogens (tertiary/aromatic N) is 4. The highest BCUT2D eigenvalue weighted by Gasteiger charge is 2.31. The molecule has 40 heavy (non-hydrogen) atoms. The van der Waals surface area contributed by atoms with Crippen LogP contribution in [0.1, 0.15) is 52.1 Å². The monoisotopic (exact) mass is 565 g/mol. The maximum Gasteiger partial charge on any atom is 0.271 e. The van der Waals surface area contributed by atoms with E-state index in [1.165, 1.54) is 4.90 Å². The smallest absolute Gasteiger partial charge is 0.271 e. The van der Waals surface area contributed by atoms with E-state index in [2.05, 4.69) is 10.2 Å². The largest absolute Gasteiger partial charge is 0.493 e. The van der Waals surface area contributed by atoms with E-state index in [4.69, 9.17) is 16.3 Å². The molecule has 0 spiro atoms. The topological polar surface area (TPSA) is 98.8 Å². The molecule has 0 saturated heterocycles. The summed E-state index contributed by atoms with van der Waals surface area (Å²) < 4.78 is 6.04. The molecule has 0 unspecified atom stereocenters. The van der Waals surface area contributed by atoms with Gasteiger partial charge in [0.15, 0.2) is 0 Å². The fraction of sp³-hybridized carbons (Fsp3) is 0.400. The van der Waals surface area contributed by atoms with Gasteiger partial charge in [0.05, 0.1) is 12.2 Å². The molecule has 0 aliphatic carbocycles. The number of carbonyl (C=O) groups is 3. The van der Waals surface area contributed by atoms with Crippen molar-refractivity contribution < 1.29 is 19.1 Å². The normalized spacial score (nSPS) is 18.2. The zero-order valence-electron chi connectivity index (χ0n) is 23.0. The Morgan fingerprint density at radius 2 is 1.73 bits per heavy atom. The molecule has 2 heterocycles. The Bertz CT molecular complexity index is 1280. The Kier molecular flexibility index (Phi) is 10.2. The standard InChI is InChI=1S/C30H36ClN5O4/c1-34-16-6-7-17-36(29(38)25-14-15-32-33-25)18-8-9-19-40-27-13-12-23(31)21-24(27)28(37)35(2)26(30(34)39)20-22-10-4-3-5-11-22/h3-5,10-15,21,26H,6-9,16-20H2,1-2H3,(H,32,33)/t26-/m0/s1. The molecule has 1 aliphatic rings. The van der Waals surface area contributed by atoms with Crippen LogP contribution in [0, 0.1) is 0 Å². The summed E-state index contributed by atoms with van der Waals surface area (Å²) >= 11 is 6.28. The number of H-pyrrole nitrogens is 1. The van der Waals surface area contributed by atoms with E-state index < -0.39 is 6.04 Å². The first-order valence-corrected chi connectivity index (χ1v) is 14.0. The van der Waals surface area contributed by atoms with Crippen LogP contribution < -0.4 is 4.74 Å². The Hall–Kier alpha value is -3.85. The number of likely N-dealkylation sites (N-methyl/N-ethyl adjacent to an activating group) is 2. The third-order valence-corrected chi connectivity index (χ3v) is 7.40. The molecule has 0 radical (unpaired) electrons. The lowest BCUT2D eigenvalue weighted by Crippen LogP contribution is -2.49. The Labute approximate surface area is 240 Å². The first kappa shape index (κ1) is 29.1. The minimum absolute atomic E-state index is 0.101. The second kappa shape index (κ2) is 14.0. The van der Waals surface area contributed by atoms with Gasteiger partial charge >= 0.3 is 0 Å². The lowest BCUT2D eigenvalue weighted by molar-refractivity contribution is -0.134. The summed E-state index contributed by atoms with van der Waals surface area (Å²) in [6.45, 7) is 1.99. The number of ether oxygens (including phenoxy) is 1. The van der Waals surface area contributed by atoms with E-state index in [1.54, 1.807) is 49.5 Å². The number of rotatable bonds is 3. The lowest BCUT2D eigenvalue weighted by Gasteiger charge is -2.31. The number of carbonyl (C=O) groups excluding carboxylic acids is 3. The van der Waals surface area contributed by atoms with Crippen molar-refractivity contribution in [1.29, 1.82) is 0 Å². The number of nitrogens with one attached hydrogen (secondary N) is 1. The van der Waals surface area contributed by atoms with Crippen molar-refractivity contribution in [2.24, 2.45) is 0 Å². The third-order valence-electron chi connectivity index (χ3n) is 7.16. The highest BCUT2D eigenvalue weighted by Crippen LogP contribution is 2.26. The first-order chi connectivity index (χ1) is 19.3. The molecule has 1 atom stereocenters. The van der Waals surface area contributed by atoms with E-state index >= 15 is 0 Å². The maximum atomic E-state index is 13.8. The van der Waals surface area contributed by atoms with E-state index in [-0.39, 0.29) is 17.7 Å². The minimum Gasteiger partial charge on any atom is -0.493 e. The van der Waals surface area contributed by atoms with Crippen molar-refractivity contribution >= 4 is 29.3 Å². The second-order valence-corrected chi connectivity index (χ2v) is 10.5. The number of fused-ring (bicyclic) bond motifs is 1. The van der Waals surface area contributed by atoms with Crippen LogP contribution in [-0.4, -0.2) is 89.0 Å². The van der Waals surface area contributed by atoms with E-state index in [9.17, 15) is 14.4 Å². The summed E-state index contributed by atoms with van der Waals surface area (Å²) in [5, 5.41) is 7.07. The molecule has 0 saturated carbocycles. The summed E-state index contributed by atoms with van der Waals surface area (Å²) in [5.74, 6) is -0.175. The Morgan fingerprint density at radius 3 is 2.45 bits per heavy atom. The van der Waals surface area contributed by atoms with Gasteiger partial charge in [0.1, 0.15) is 17.5 Å². The van der Waals surface area contributed by atoms with Gasteiger partial charge in [-0.3, -0.25) is 19.5 Å². The van der Waals surface area contributed by atoms with Gasteiger partial charge in [-0.2, -0.15) is 5.10 Å². The summed E-state index contributed by atoms with van der Waals surface area (Å²) in [7, 11) is 3.41. The van der Waals surface area contributed by atoms with Gasteiger partial charge in [0.25, 0.3) is 11.8 Å². The highest BCUT2D eigenvalue weighted by atomic mass is 35.5. The van der Waals surface area contributed by atoms with E-state index in [0.29, 0.717) is 67.5 Å². The summed E-state index contributed by atoms with van der Waals surface area (Å²) in [6, 6.07) is 15.6. The Balaban J connectivity index is 1.60. The van der Waals surface area contributed by atoms with Crippen molar-refractivity contribution in [3.8, 4) is 5.75 Å². The van der Waals surface area contributed by atoms with Crippen LogP contribution in [0.15, 0.2) is 60.8 Å². The lowest BCUT2D eigenvalue weighted by atomic mass is 10.0. The molecule has 3 aromatic rings. The van der Waals surface area contributed by atoms with Gasteiger partial charge in [-0.25, -0.2) is 0 Å². The molecule has 3 amide bonds. The average molecular weight is 566 g/mol. The zero-order valence-corrected chi connectivity index (χ0v) is 23.8. The highest BCUT2D eigenvalue weighted by molar-refractivity contribution is 6.31. The summed E-state index contributed by atoms with van der Waals surface area (Å²) in [5.41, 5.74) is 1.71. The number of aromatic nitrogens is 2. The molecule has 4 rings (SSSR count). The minimum atomic E-state index is -0.721. The van der Waals surface area contributed by atoms with Gasteiger partial charge in [-0.1, -0.05) is 41.9 Å². The summed E-state index contributed by atoms with van der Waals surface area (Å²) in [4.78, 5) is 45.6. The maximum absolute atomic E-state index is 13.8.